The van der Waals surface area contributed by atoms with Crippen LogP contribution in [0, 0.1) is 0 Å². The molecule has 3 atom stereocenters. The van der Waals surface area contributed by atoms with Crippen LogP contribution in [0.3, 0.4) is 0 Å². The van der Waals surface area contributed by atoms with Gasteiger partial charge in [-0.1, -0.05) is 30.3 Å². The summed E-state index contributed by atoms with van der Waals surface area (Å²) in [4.78, 5) is 51.7. The zero-order chi connectivity index (χ0) is 24.4. The van der Waals surface area contributed by atoms with Crippen LogP contribution in [-0.4, -0.2) is 91.4 Å². The number of carbonyl (C=O) groups excluding carboxylic acids is 3. The van der Waals surface area contributed by atoms with Crippen LogP contribution in [0.2, 0.25) is 0 Å². The van der Waals surface area contributed by atoms with E-state index >= 15 is 0 Å². The number of hydrogen-bond acceptors (Lipinski definition) is 7. The molecule has 4 rings (SSSR count). The lowest BCUT2D eigenvalue weighted by Gasteiger charge is -2.49. The summed E-state index contributed by atoms with van der Waals surface area (Å²) in [6.07, 6.45) is -0.271. The number of nitrogens with zero attached hydrogens (tertiary/aromatic N) is 2. The van der Waals surface area contributed by atoms with E-state index in [4.69, 9.17) is 4.74 Å². The Morgan fingerprint density at radius 2 is 1.85 bits per heavy atom. The van der Waals surface area contributed by atoms with Crippen molar-refractivity contribution in [1.29, 1.82) is 0 Å². The van der Waals surface area contributed by atoms with Gasteiger partial charge in [-0.25, -0.2) is 9.59 Å². The second-order valence-electron chi connectivity index (χ2n) is 8.36. The van der Waals surface area contributed by atoms with E-state index in [0.29, 0.717) is 25.9 Å². The quantitative estimate of drug-likeness (QED) is 0.357. The van der Waals surface area contributed by atoms with Crippen molar-refractivity contribution in [2.45, 2.75) is 36.8 Å². The highest BCUT2D eigenvalue weighted by Crippen LogP contribution is 2.37. The molecule has 2 unspecified atom stereocenters. The van der Waals surface area contributed by atoms with Gasteiger partial charge in [0.15, 0.2) is 6.04 Å². The van der Waals surface area contributed by atoms with E-state index in [1.165, 1.54) is 4.90 Å². The summed E-state index contributed by atoms with van der Waals surface area (Å²) in [6.45, 7) is 0.203. The number of amides is 3. The number of piperidine rings is 1. The molecule has 3 aliphatic heterocycles. The average molecular weight is 492 g/mol. The van der Waals surface area contributed by atoms with Crippen LogP contribution in [0.4, 0.5) is 4.79 Å². The molecule has 3 N–H and O–H groups in total. The van der Waals surface area contributed by atoms with E-state index in [0.717, 1.165) is 10.5 Å². The molecule has 0 spiro atoms. The Morgan fingerprint density at radius 1 is 1.18 bits per heavy atom. The van der Waals surface area contributed by atoms with Gasteiger partial charge in [0.05, 0.1) is 12.5 Å². The van der Waals surface area contributed by atoms with Crippen molar-refractivity contribution in [3.8, 4) is 0 Å². The van der Waals surface area contributed by atoms with E-state index in [-0.39, 0.29) is 23.4 Å². The van der Waals surface area contributed by atoms with Crippen molar-refractivity contribution >= 4 is 35.1 Å². The highest BCUT2D eigenvalue weighted by Gasteiger charge is 2.61. The Balaban J connectivity index is 1.42. The van der Waals surface area contributed by atoms with Gasteiger partial charge < -0.3 is 29.7 Å². The third kappa shape index (κ3) is 4.88. The number of ether oxygens (including phenoxy) is 1. The summed E-state index contributed by atoms with van der Waals surface area (Å²) < 4.78 is 18.1. The normalized spacial score (nSPS) is 24.9. The van der Waals surface area contributed by atoms with E-state index in [1.54, 1.807) is 24.3 Å². The number of β-lactam (4-membered cyclic amide) rings is 1. The van der Waals surface area contributed by atoms with Gasteiger partial charge in [-0.2, -0.15) is 0 Å². The number of carboxylic acids is 1. The number of hydrogen-bond donors (Lipinski definition) is 3. The fourth-order valence-electron chi connectivity index (χ4n) is 4.26. The number of carboxylic acid groups (broad SMARTS) is 1. The molecule has 3 amide bonds. The molecule has 11 nitrogen and oxygen atoms in total. The minimum atomic E-state index is -1.70. The number of aliphatic hydroxyl groups excluding tert-OH is 1. The maximum Gasteiger partial charge on any atom is 0.410 e. The first-order valence-corrected chi connectivity index (χ1v) is 12.2. The van der Waals surface area contributed by atoms with Crippen LogP contribution < -0.4 is 5.32 Å². The van der Waals surface area contributed by atoms with Crippen molar-refractivity contribution < 1.29 is 38.7 Å². The predicted molar refractivity (Wildman–Crippen MR) is 119 cm³/mol. The van der Waals surface area contributed by atoms with E-state index in [1.807, 2.05) is 6.07 Å². The van der Waals surface area contributed by atoms with Crippen LogP contribution in [0.1, 0.15) is 18.4 Å². The average Bonchev–Trinajstić information content (AvgIpc) is 2.81. The standard InChI is InChI=1S/C22H25N3O8S/c26-15-6-8-24(9-7-15)22(31)33-11-14-12-34(32)20-17(19(28)25(20)18(14)21(29)30)23-16(27)10-13-4-2-1-3-5-13/h1-5,15,17,20,26H,6-12H2,(H,23,27)(H,29,30)/t17?,20-,34?/m1/s1. The Morgan fingerprint density at radius 3 is 2.50 bits per heavy atom. The molecule has 0 aliphatic carbocycles. The lowest BCUT2D eigenvalue weighted by atomic mass is 10.0. The molecule has 1 aromatic carbocycles. The van der Waals surface area contributed by atoms with Crippen LogP contribution in [-0.2, 0) is 36.7 Å². The van der Waals surface area contributed by atoms with Crippen molar-refractivity contribution in [2.75, 3.05) is 25.4 Å². The first kappa shape index (κ1) is 24.0. The number of benzene rings is 1. The Hall–Kier alpha value is -3.09. The molecule has 3 aliphatic rings. The molecule has 1 aromatic rings. The topological polar surface area (TPSA) is 160 Å². The van der Waals surface area contributed by atoms with Crippen molar-refractivity contribution in [3.63, 3.8) is 0 Å². The summed E-state index contributed by atoms with van der Waals surface area (Å²) in [5, 5.41) is 20.8. The van der Waals surface area contributed by atoms with Gasteiger partial charge in [-0.05, 0) is 29.6 Å². The summed E-state index contributed by atoms with van der Waals surface area (Å²) in [5.74, 6) is -2.72. The number of aliphatic hydroxyl groups is 1. The molecule has 34 heavy (non-hydrogen) atoms. The number of fused-ring (bicyclic) bond motifs is 1. The van der Waals surface area contributed by atoms with Crippen LogP contribution in [0.15, 0.2) is 41.6 Å². The predicted octanol–water partition coefficient (Wildman–Crippen LogP) is -0.423. The molecule has 2 saturated heterocycles. The van der Waals surface area contributed by atoms with Crippen LogP contribution in [0.25, 0.3) is 0 Å². The summed E-state index contributed by atoms with van der Waals surface area (Å²) in [5.41, 5.74) is 0.437. The van der Waals surface area contributed by atoms with Gasteiger partial charge in [0.2, 0.25) is 11.3 Å². The van der Waals surface area contributed by atoms with Gasteiger partial charge in [-0.15, -0.1) is 0 Å². The molecule has 12 heteroatoms. The number of aliphatic carboxylic acids is 1. The SMILES string of the molecule is O=C(Cc1ccccc1)NC1C(=O)N2C(C(=O)O)=C(COC(=O)N3CCC(O)CC3)C[S+]([O-])[C@H]12. The fourth-order valence-corrected chi connectivity index (χ4v) is 5.93. The third-order valence-electron chi connectivity index (χ3n) is 6.02. The zero-order valence-electron chi connectivity index (χ0n) is 18.2. The Kier molecular flexibility index (Phi) is 7.10. The Labute approximate surface area is 198 Å². The molecule has 2 fully saturated rings. The zero-order valence-corrected chi connectivity index (χ0v) is 19.0. The van der Waals surface area contributed by atoms with Crippen molar-refractivity contribution in [1.82, 2.24) is 15.1 Å². The molecular formula is C22H25N3O8S. The second kappa shape index (κ2) is 10.0. The molecule has 0 aromatic heterocycles. The smallest absolute Gasteiger partial charge is 0.410 e. The maximum atomic E-state index is 12.9. The first-order valence-electron chi connectivity index (χ1n) is 10.8. The molecule has 0 bridgehead atoms. The lowest BCUT2D eigenvalue weighted by molar-refractivity contribution is -0.151. The highest BCUT2D eigenvalue weighted by molar-refractivity contribution is 7.92. The lowest BCUT2D eigenvalue weighted by Crippen LogP contribution is -2.75. The maximum absolute atomic E-state index is 12.9. The van der Waals surface area contributed by atoms with E-state index < -0.39 is 59.2 Å². The van der Waals surface area contributed by atoms with Gasteiger partial charge in [0.25, 0.3) is 5.91 Å². The van der Waals surface area contributed by atoms with E-state index in [2.05, 4.69) is 5.32 Å². The molecular weight excluding hydrogens is 466 g/mol. The third-order valence-corrected chi connectivity index (χ3v) is 7.68. The minimum absolute atomic E-state index is 0.0281. The number of likely N-dealkylation sites (tertiary alicyclic amines) is 1. The number of nitrogens with one attached hydrogen (secondary N) is 1. The van der Waals surface area contributed by atoms with Crippen molar-refractivity contribution in [2.24, 2.45) is 0 Å². The highest BCUT2D eigenvalue weighted by atomic mass is 32.2. The molecule has 0 saturated carbocycles. The molecule has 3 heterocycles. The summed E-state index contributed by atoms with van der Waals surface area (Å²) in [6, 6.07) is 7.81. The number of rotatable bonds is 6. The molecule has 0 radical (unpaired) electrons. The minimum Gasteiger partial charge on any atom is -0.614 e. The number of carbonyl (C=O) groups is 4. The summed E-state index contributed by atoms with van der Waals surface area (Å²) in [7, 11) is 0. The van der Waals surface area contributed by atoms with Gasteiger partial charge >= 0.3 is 12.1 Å². The molecule has 182 valence electrons. The monoisotopic (exact) mass is 491 g/mol. The van der Waals surface area contributed by atoms with Crippen molar-refractivity contribution in [3.05, 3.63) is 47.2 Å². The Bertz CT molecular complexity index is 1010. The first-order chi connectivity index (χ1) is 16.3. The summed E-state index contributed by atoms with van der Waals surface area (Å²) >= 11 is -1.70. The van der Waals surface area contributed by atoms with Crippen LogP contribution in [0.5, 0.6) is 0 Å². The fraction of sp³-hybridized carbons (Fsp3) is 0.455. The largest absolute Gasteiger partial charge is 0.614 e. The van der Waals surface area contributed by atoms with Gasteiger partial charge in [-0.3, -0.25) is 14.5 Å². The van der Waals surface area contributed by atoms with Crippen LogP contribution >= 0.6 is 0 Å². The van der Waals surface area contributed by atoms with E-state index in [9.17, 15) is 33.9 Å². The second-order valence-corrected chi connectivity index (χ2v) is 9.89. The van der Waals surface area contributed by atoms with Gasteiger partial charge in [0, 0.05) is 18.7 Å². The van der Waals surface area contributed by atoms with Gasteiger partial charge in [0.1, 0.15) is 18.1 Å².